The van der Waals surface area contributed by atoms with Gasteiger partial charge in [0.2, 0.25) is 0 Å². The molecule has 0 radical (unpaired) electrons. The van der Waals surface area contributed by atoms with Gasteiger partial charge in [-0.25, -0.2) is 4.39 Å². The fourth-order valence-corrected chi connectivity index (χ4v) is 2.30. The number of rotatable bonds is 2. The standard InChI is InChI=1S/C14H11BrFNO2/c1-8-4-9(15)6-10(5-8)17-14(19)12-3-2-11(18)7-13(12)16/h2-7,18H,1H3,(H,17,19). The van der Waals surface area contributed by atoms with Crippen molar-refractivity contribution in [1.82, 2.24) is 0 Å². The van der Waals surface area contributed by atoms with Crippen LogP contribution in [-0.4, -0.2) is 11.0 Å². The topological polar surface area (TPSA) is 49.3 Å². The number of phenols is 1. The molecule has 0 unspecified atom stereocenters. The summed E-state index contributed by atoms with van der Waals surface area (Å²) in [5.41, 5.74) is 1.43. The molecule has 0 aliphatic rings. The van der Waals surface area contributed by atoms with E-state index in [9.17, 15) is 9.18 Å². The number of carbonyl (C=O) groups is 1. The number of nitrogens with one attached hydrogen (secondary N) is 1. The Hall–Kier alpha value is -1.88. The lowest BCUT2D eigenvalue weighted by Crippen LogP contribution is -2.13. The van der Waals surface area contributed by atoms with Gasteiger partial charge in [-0.3, -0.25) is 4.79 Å². The molecule has 0 heterocycles. The van der Waals surface area contributed by atoms with E-state index in [4.69, 9.17) is 5.11 Å². The van der Waals surface area contributed by atoms with Gasteiger partial charge in [-0.05, 0) is 42.8 Å². The Bertz CT molecular complexity index is 623. The third kappa shape index (κ3) is 3.32. The molecule has 0 atom stereocenters. The van der Waals surface area contributed by atoms with E-state index in [1.807, 2.05) is 13.0 Å². The first-order valence-electron chi connectivity index (χ1n) is 5.53. The lowest BCUT2D eigenvalue weighted by Gasteiger charge is -2.08. The molecule has 0 fully saturated rings. The number of hydrogen-bond donors (Lipinski definition) is 2. The van der Waals surface area contributed by atoms with Crippen molar-refractivity contribution in [2.75, 3.05) is 5.32 Å². The smallest absolute Gasteiger partial charge is 0.258 e. The van der Waals surface area contributed by atoms with E-state index >= 15 is 0 Å². The predicted octanol–water partition coefficient (Wildman–Crippen LogP) is 3.85. The average Bonchev–Trinajstić information content (AvgIpc) is 2.26. The minimum Gasteiger partial charge on any atom is -0.508 e. The minimum absolute atomic E-state index is 0.115. The number of halogens is 2. The Morgan fingerprint density at radius 1 is 1.26 bits per heavy atom. The minimum atomic E-state index is -0.760. The van der Waals surface area contributed by atoms with E-state index < -0.39 is 11.7 Å². The van der Waals surface area contributed by atoms with Gasteiger partial charge in [0.05, 0.1) is 5.56 Å². The van der Waals surface area contributed by atoms with Crippen molar-refractivity contribution in [3.8, 4) is 5.75 Å². The Kier molecular flexibility index (Phi) is 3.85. The molecule has 0 aliphatic carbocycles. The van der Waals surface area contributed by atoms with Crippen LogP contribution in [0.4, 0.5) is 10.1 Å². The van der Waals surface area contributed by atoms with Crippen molar-refractivity contribution in [2.24, 2.45) is 0 Å². The number of anilines is 1. The van der Waals surface area contributed by atoms with Gasteiger partial charge in [-0.1, -0.05) is 15.9 Å². The molecule has 1 amide bonds. The molecule has 0 spiro atoms. The zero-order chi connectivity index (χ0) is 14.0. The number of aromatic hydroxyl groups is 1. The Balaban J connectivity index is 2.25. The molecule has 2 N–H and O–H groups in total. The molecule has 0 saturated heterocycles. The summed E-state index contributed by atoms with van der Waals surface area (Å²) in [6.07, 6.45) is 0. The van der Waals surface area contributed by atoms with Crippen LogP contribution in [0.15, 0.2) is 40.9 Å². The lowest BCUT2D eigenvalue weighted by molar-refractivity contribution is 0.102. The van der Waals surface area contributed by atoms with Gasteiger partial charge >= 0.3 is 0 Å². The van der Waals surface area contributed by atoms with Crippen LogP contribution in [-0.2, 0) is 0 Å². The summed E-state index contributed by atoms with van der Waals surface area (Å²) in [6.45, 7) is 1.89. The van der Waals surface area contributed by atoms with Crippen LogP contribution < -0.4 is 5.32 Å². The molecule has 2 aromatic carbocycles. The summed E-state index contributed by atoms with van der Waals surface area (Å²) in [4.78, 5) is 11.9. The van der Waals surface area contributed by atoms with Crippen molar-refractivity contribution >= 4 is 27.5 Å². The third-order valence-electron chi connectivity index (χ3n) is 2.50. The highest BCUT2D eigenvalue weighted by Gasteiger charge is 2.12. The van der Waals surface area contributed by atoms with Crippen molar-refractivity contribution in [3.05, 3.63) is 57.8 Å². The summed E-state index contributed by atoms with van der Waals surface area (Å²) >= 11 is 3.32. The second-order valence-corrected chi connectivity index (χ2v) is 5.05. The van der Waals surface area contributed by atoms with Crippen LogP contribution in [0, 0.1) is 12.7 Å². The second kappa shape index (κ2) is 5.40. The van der Waals surface area contributed by atoms with Gasteiger partial charge < -0.3 is 10.4 Å². The molecular weight excluding hydrogens is 313 g/mol. The quantitative estimate of drug-likeness (QED) is 0.881. The van der Waals surface area contributed by atoms with Gasteiger partial charge in [0, 0.05) is 16.2 Å². The lowest BCUT2D eigenvalue weighted by atomic mass is 10.1. The van der Waals surface area contributed by atoms with Crippen molar-refractivity contribution in [3.63, 3.8) is 0 Å². The summed E-state index contributed by atoms with van der Waals surface area (Å²) < 4.78 is 14.4. The fourth-order valence-electron chi connectivity index (χ4n) is 1.70. The van der Waals surface area contributed by atoms with Gasteiger partial charge in [0.1, 0.15) is 11.6 Å². The highest BCUT2D eigenvalue weighted by molar-refractivity contribution is 9.10. The maximum absolute atomic E-state index is 13.5. The highest BCUT2D eigenvalue weighted by atomic mass is 79.9. The molecular formula is C14H11BrFNO2. The van der Waals surface area contributed by atoms with E-state index in [0.29, 0.717) is 5.69 Å². The molecule has 2 aromatic rings. The average molecular weight is 324 g/mol. The van der Waals surface area contributed by atoms with Gasteiger partial charge in [-0.2, -0.15) is 0 Å². The molecule has 0 aromatic heterocycles. The molecule has 0 saturated carbocycles. The van der Waals surface area contributed by atoms with E-state index in [1.165, 1.54) is 12.1 Å². The SMILES string of the molecule is Cc1cc(Br)cc(NC(=O)c2ccc(O)cc2F)c1. The normalized spacial score (nSPS) is 10.3. The van der Waals surface area contributed by atoms with Gasteiger partial charge in [0.25, 0.3) is 5.91 Å². The Labute approximate surface area is 118 Å². The van der Waals surface area contributed by atoms with Crippen LogP contribution in [0.25, 0.3) is 0 Å². The number of hydrogen-bond acceptors (Lipinski definition) is 2. The van der Waals surface area contributed by atoms with Crippen molar-refractivity contribution in [2.45, 2.75) is 6.92 Å². The van der Waals surface area contributed by atoms with Gasteiger partial charge in [0.15, 0.2) is 0 Å². The van der Waals surface area contributed by atoms with E-state index in [2.05, 4.69) is 21.2 Å². The molecule has 98 valence electrons. The zero-order valence-electron chi connectivity index (χ0n) is 10.1. The second-order valence-electron chi connectivity index (χ2n) is 4.14. The zero-order valence-corrected chi connectivity index (χ0v) is 11.7. The summed E-state index contributed by atoms with van der Waals surface area (Å²) in [6, 6.07) is 8.82. The van der Waals surface area contributed by atoms with E-state index in [-0.39, 0.29) is 11.3 Å². The molecule has 0 bridgehead atoms. The van der Waals surface area contributed by atoms with Crippen LogP contribution in [0.5, 0.6) is 5.75 Å². The Morgan fingerprint density at radius 3 is 2.63 bits per heavy atom. The van der Waals surface area contributed by atoms with Crippen LogP contribution in [0.1, 0.15) is 15.9 Å². The monoisotopic (exact) mass is 323 g/mol. The Morgan fingerprint density at radius 2 is 2.00 bits per heavy atom. The fraction of sp³-hybridized carbons (Fsp3) is 0.0714. The third-order valence-corrected chi connectivity index (χ3v) is 2.96. The van der Waals surface area contributed by atoms with E-state index in [0.717, 1.165) is 16.1 Å². The number of aryl methyl sites for hydroxylation is 1. The highest BCUT2D eigenvalue weighted by Crippen LogP contribution is 2.21. The van der Waals surface area contributed by atoms with Crippen LogP contribution >= 0.6 is 15.9 Å². The van der Waals surface area contributed by atoms with E-state index in [1.54, 1.807) is 12.1 Å². The van der Waals surface area contributed by atoms with Crippen molar-refractivity contribution in [1.29, 1.82) is 0 Å². The maximum atomic E-state index is 13.5. The number of phenolic OH excluding ortho intramolecular Hbond substituents is 1. The number of benzene rings is 2. The molecule has 19 heavy (non-hydrogen) atoms. The molecule has 0 aliphatic heterocycles. The molecule has 5 heteroatoms. The molecule has 3 nitrogen and oxygen atoms in total. The van der Waals surface area contributed by atoms with Crippen LogP contribution in [0.3, 0.4) is 0 Å². The van der Waals surface area contributed by atoms with Gasteiger partial charge in [-0.15, -0.1) is 0 Å². The van der Waals surface area contributed by atoms with Crippen LogP contribution in [0.2, 0.25) is 0 Å². The maximum Gasteiger partial charge on any atom is 0.258 e. The predicted molar refractivity (Wildman–Crippen MR) is 74.9 cm³/mol. The molecule has 2 rings (SSSR count). The first kappa shape index (κ1) is 13.5. The first-order chi connectivity index (χ1) is 8.95. The number of carbonyl (C=O) groups excluding carboxylic acids is 1. The largest absolute Gasteiger partial charge is 0.508 e. The van der Waals surface area contributed by atoms with Crippen molar-refractivity contribution < 1.29 is 14.3 Å². The first-order valence-corrected chi connectivity index (χ1v) is 6.32. The summed E-state index contributed by atoms with van der Waals surface area (Å²) in [7, 11) is 0. The number of amides is 1. The summed E-state index contributed by atoms with van der Waals surface area (Å²) in [5, 5.41) is 11.7. The summed E-state index contributed by atoms with van der Waals surface area (Å²) in [5.74, 6) is -1.54.